The minimum atomic E-state index is 0.391. The summed E-state index contributed by atoms with van der Waals surface area (Å²) in [5, 5.41) is 6.68. The van der Waals surface area contributed by atoms with E-state index in [1.54, 1.807) is 0 Å². The zero-order chi connectivity index (χ0) is 9.60. The van der Waals surface area contributed by atoms with Crippen molar-refractivity contribution in [2.24, 2.45) is 15.5 Å². The molecule has 0 radical (unpaired) electrons. The average molecular weight is 204 g/mol. The number of nitrogens with zero attached hydrogens (tertiary/aromatic N) is 3. The normalized spacial score (nSPS) is 25.9. The Morgan fingerprint density at radius 3 is 3.07 bits per heavy atom. The molecule has 0 aromatic heterocycles. The standard InChI is InChI=1S/C10H10N3S/c14-7-11-9-6-8-10(2-1-3-10)4-5-13(8)12-9/h5-6H,1-4H2/q+1. The Hall–Kier alpha value is -1.12. The van der Waals surface area contributed by atoms with Gasteiger partial charge in [-0.15, -0.1) is 0 Å². The number of isothiocyanates is 1. The van der Waals surface area contributed by atoms with Crippen molar-refractivity contribution in [2.75, 3.05) is 0 Å². The van der Waals surface area contributed by atoms with E-state index < -0.39 is 0 Å². The van der Waals surface area contributed by atoms with E-state index in [0.29, 0.717) is 11.3 Å². The molecule has 2 aliphatic heterocycles. The number of allylic oxidation sites excluding steroid dienone is 1. The van der Waals surface area contributed by atoms with Crippen LogP contribution in [0.5, 0.6) is 0 Å². The molecule has 0 aromatic rings. The van der Waals surface area contributed by atoms with Crippen LogP contribution in [0, 0.1) is 5.41 Å². The molecule has 0 atom stereocenters. The van der Waals surface area contributed by atoms with E-state index in [9.17, 15) is 0 Å². The van der Waals surface area contributed by atoms with Crippen molar-refractivity contribution in [3.8, 4) is 0 Å². The topological polar surface area (TPSA) is 27.7 Å². The molecule has 0 unspecified atom stereocenters. The van der Waals surface area contributed by atoms with Crippen molar-refractivity contribution in [2.45, 2.75) is 25.7 Å². The van der Waals surface area contributed by atoms with E-state index in [4.69, 9.17) is 0 Å². The number of thiocarbonyl (C=S) groups is 1. The molecule has 0 aromatic carbocycles. The maximum Gasteiger partial charge on any atom is 0.235 e. The molecule has 1 fully saturated rings. The number of fused-ring (bicyclic) bond motifs is 2. The molecule has 3 nitrogen and oxygen atoms in total. The zero-order valence-corrected chi connectivity index (χ0v) is 8.55. The van der Waals surface area contributed by atoms with Crippen LogP contribution >= 0.6 is 12.2 Å². The molecule has 2 heterocycles. The smallest absolute Gasteiger partial charge is 0.168 e. The van der Waals surface area contributed by atoms with Gasteiger partial charge in [-0.05, 0) is 25.1 Å². The van der Waals surface area contributed by atoms with Gasteiger partial charge in [0.05, 0.1) is 16.7 Å². The molecule has 14 heavy (non-hydrogen) atoms. The van der Waals surface area contributed by atoms with Crippen molar-refractivity contribution in [1.29, 1.82) is 0 Å². The lowest BCUT2D eigenvalue weighted by Crippen LogP contribution is -2.29. The van der Waals surface area contributed by atoms with Gasteiger partial charge in [0.2, 0.25) is 11.5 Å². The zero-order valence-electron chi connectivity index (χ0n) is 7.73. The summed E-state index contributed by atoms with van der Waals surface area (Å²) in [6, 6.07) is 0. The van der Waals surface area contributed by atoms with Gasteiger partial charge in [0, 0.05) is 11.5 Å². The Kier molecular flexibility index (Phi) is 1.58. The molecule has 0 N–H and O–H groups in total. The first-order chi connectivity index (χ1) is 6.84. The third kappa shape index (κ3) is 0.925. The molecule has 0 saturated heterocycles. The predicted octanol–water partition coefficient (Wildman–Crippen LogP) is 1.96. The highest BCUT2D eigenvalue weighted by molar-refractivity contribution is 7.78. The highest BCUT2D eigenvalue weighted by atomic mass is 32.1. The molecule has 0 amide bonds. The summed E-state index contributed by atoms with van der Waals surface area (Å²) < 4.78 is 1.96. The van der Waals surface area contributed by atoms with Crippen molar-refractivity contribution in [1.82, 2.24) is 0 Å². The van der Waals surface area contributed by atoms with Gasteiger partial charge in [0.25, 0.3) is 0 Å². The molecular formula is C10H10N3S+. The minimum absolute atomic E-state index is 0.391. The number of hydrazone groups is 1. The first-order valence-electron chi connectivity index (χ1n) is 4.85. The van der Waals surface area contributed by atoms with Gasteiger partial charge in [-0.3, -0.25) is 0 Å². The van der Waals surface area contributed by atoms with Gasteiger partial charge in [-0.2, -0.15) is 4.99 Å². The molecule has 4 heteroatoms. The van der Waals surface area contributed by atoms with Crippen molar-refractivity contribution < 1.29 is 4.68 Å². The van der Waals surface area contributed by atoms with Crippen LogP contribution in [-0.2, 0) is 0 Å². The summed E-state index contributed by atoms with van der Waals surface area (Å²) in [5.41, 5.74) is 1.70. The van der Waals surface area contributed by atoms with Crippen LogP contribution in [0.4, 0.5) is 0 Å². The number of aliphatic imine (C=N–C) groups is 1. The highest BCUT2D eigenvalue weighted by Gasteiger charge is 2.53. The van der Waals surface area contributed by atoms with Crippen molar-refractivity contribution in [3.63, 3.8) is 0 Å². The average Bonchev–Trinajstić information content (AvgIpc) is 2.59. The fourth-order valence-electron chi connectivity index (χ4n) is 2.45. The monoisotopic (exact) mass is 204 g/mol. The number of rotatable bonds is 0. The van der Waals surface area contributed by atoms with Crippen LogP contribution in [0.25, 0.3) is 0 Å². The fraction of sp³-hybridized carbons (Fsp3) is 0.500. The quantitative estimate of drug-likeness (QED) is 0.337. The summed E-state index contributed by atoms with van der Waals surface area (Å²) in [7, 11) is 0. The van der Waals surface area contributed by atoms with Gasteiger partial charge in [-0.25, -0.2) is 0 Å². The maximum atomic E-state index is 4.56. The lowest BCUT2D eigenvalue weighted by molar-refractivity contribution is -0.478. The number of amidine groups is 1. The van der Waals surface area contributed by atoms with Crippen molar-refractivity contribution >= 4 is 29.4 Å². The van der Waals surface area contributed by atoms with E-state index in [1.807, 2.05) is 10.8 Å². The Morgan fingerprint density at radius 2 is 2.43 bits per heavy atom. The molecule has 1 spiro atoms. The third-order valence-corrected chi connectivity index (χ3v) is 3.48. The molecule has 3 rings (SSSR count). The van der Waals surface area contributed by atoms with E-state index in [-0.39, 0.29) is 0 Å². The molecule has 3 aliphatic rings. The summed E-state index contributed by atoms with van der Waals surface area (Å²) in [5.74, 6) is 0.692. The Balaban J connectivity index is 2.00. The van der Waals surface area contributed by atoms with Gasteiger partial charge >= 0.3 is 0 Å². The summed E-state index contributed by atoms with van der Waals surface area (Å²) in [4.78, 5) is 3.91. The summed E-state index contributed by atoms with van der Waals surface area (Å²) in [6.45, 7) is 0. The van der Waals surface area contributed by atoms with Gasteiger partial charge in [0.15, 0.2) is 6.21 Å². The SMILES string of the molecule is S=C=NC1=N[N+]2=CCC3(CCC3)C2=C1. The molecular weight excluding hydrogens is 194 g/mol. The van der Waals surface area contributed by atoms with E-state index in [2.05, 4.69) is 33.7 Å². The van der Waals surface area contributed by atoms with Gasteiger partial charge in [-0.1, -0.05) is 11.1 Å². The van der Waals surface area contributed by atoms with Crippen molar-refractivity contribution in [3.05, 3.63) is 11.8 Å². The van der Waals surface area contributed by atoms with Crippen LogP contribution in [0.2, 0.25) is 0 Å². The second-order valence-corrected chi connectivity index (χ2v) is 4.24. The van der Waals surface area contributed by atoms with Gasteiger partial charge in [0.1, 0.15) is 0 Å². The lowest BCUT2D eigenvalue weighted by atomic mass is 9.66. The number of hydrogen-bond donors (Lipinski definition) is 0. The first kappa shape index (κ1) is 8.21. The predicted molar refractivity (Wildman–Crippen MR) is 57.8 cm³/mol. The van der Waals surface area contributed by atoms with E-state index >= 15 is 0 Å². The van der Waals surface area contributed by atoms with E-state index in [0.717, 1.165) is 6.42 Å². The highest BCUT2D eigenvalue weighted by Crippen LogP contribution is 2.52. The molecule has 0 bridgehead atoms. The molecule has 1 aliphatic carbocycles. The second-order valence-electron chi connectivity index (χ2n) is 4.06. The summed E-state index contributed by atoms with van der Waals surface area (Å²) in [6.07, 6.45) is 9.24. The largest absolute Gasteiger partial charge is 0.235 e. The van der Waals surface area contributed by atoms with Crippen LogP contribution in [0.3, 0.4) is 0 Å². The first-order valence-corrected chi connectivity index (χ1v) is 5.26. The van der Waals surface area contributed by atoms with Crippen LogP contribution in [-0.4, -0.2) is 21.9 Å². The van der Waals surface area contributed by atoms with E-state index in [1.165, 1.54) is 25.0 Å². The third-order valence-electron chi connectivity index (χ3n) is 3.39. The van der Waals surface area contributed by atoms with Gasteiger partial charge < -0.3 is 0 Å². The van der Waals surface area contributed by atoms with Crippen LogP contribution < -0.4 is 0 Å². The molecule has 1 saturated carbocycles. The van der Waals surface area contributed by atoms with Crippen LogP contribution in [0.15, 0.2) is 21.9 Å². The van der Waals surface area contributed by atoms with Crippen LogP contribution in [0.1, 0.15) is 25.7 Å². The second kappa shape index (κ2) is 2.69. The minimum Gasteiger partial charge on any atom is -0.168 e. The molecule has 70 valence electrons. The summed E-state index contributed by atoms with van der Waals surface area (Å²) >= 11 is 4.56. The lowest BCUT2D eigenvalue weighted by Gasteiger charge is -2.34. The number of hydrogen-bond acceptors (Lipinski definition) is 3. The Labute approximate surface area is 87.5 Å². The fourth-order valence-corrected chi connectivity index (χ4v) is 2.54. The Morgan fingerprint density at radius 1 is 1.57 bits per heavy atom. The Bertz CT molecular complexity index is 434. The maximum absolute atomic E-state index is 4.56.